The summed E-state index contributed by atoms with van der Waals surface area (Å²) in [6.45, 7) is 1.77. The minimum Gasteiger partial charge on any atom is -0.387 e. The Labute approximate surface area is 168 Å². The Balaban J connectivity index is 1.86. The molecule has 0 aromatic carbocycles. The van der Waals surface area contributed by atoms with Crippen molar-refractivity contribution in [2.45, 2.75) is 38.0 Å². The number of hydrogen-bond donors (Lipinski definition) is 5. The molecule has 1 fully saturated rings. The zero-order chi connectivity index (χ0) is 22.5. The van der Waals surface area contributed by atoms with Crippen LogP contribution >= 0.6 is 15.6 Å². The molecule has 0 saturated carbocycles. The molecular formula is C13H20FN5O9P2. The third-order valence-electron chi connectivity index (χ3n) is 4.35. The molecule has 30 heavy (non-hydrogen) atoms. The van der Waals surface area contributed by atoms with E-state index in [1.54, 1.807) is 14.0 Å². The highest BCUT2D eigenvalue weighted by molar-refractivity contribution is 7.60. The number of hydrogen-bond acceptors (Lipinski definition) is 10. The molecule has 5 atom stereocenters. The fourth-order valence-electron chi connectivity index (χ4n) is 3.05. The number of imidazole rings is 1. The fourth-order valence-corrected chi connectivity index (χ4v) is 4.65. The predicted octanol–water partition coefficient (Wildman–Crippen LogP) is 0.389. The normalized spacial score (nSPS) is 29.3. The van der Waals surface area contributed by atoms with Crippen LogP contribution in [0.5, 0.6) is 0 Å². The molecule has 14 nitrogen and oxygen atoms in total. The third kappa shape index (κ3) is 4.54. The summed E-state index contributed by atoms with van der Waals surface area (Å²) in [5.74, 6) is 0.759. The van der Waals surface area contributed by atoms with Gasteiger partial charge in [-0.3, -0.25) is 9.09 Å². The number of aryl methyl sites for hydroxylation is 1. The topological polar surface area (TPSA) is 198 Å². The van der Waals surface area contributed by atoms with Gasteiger partial charge in [0.15, 0.2) is 28.9 Å². The quantitative estimate of drug-likeness (QED) is 0.348. The van der Waals surface area contributed by atoms with Crippen molar-refractivity contribution in [1.29, 1.82) is 0 Å². The zero-order valence-corrected chi connectivity index (χ0v) is 17.7. The Morgan fingerprint density at radius 2 is 2.03 bits per heavy atom. The van der Waals surface area contributed by atoms with Gasteiger partial charge in [0.2, 0.25) is 0 Å². The Bertz CT molecular complexity index is 1040. The van der Waals surface area contributed by atoms with E-state index in [0.717, 1.165) is 6.92 Å². The highest BCUT2D eigenvalue weighted by Gasteiger charge is 2.56. The summed E-state index contributed by atoms with van der Waals surface area (Å²) >= 11 is 0. The summed E-state index contributed by atoms with van der Waals surface area (Å²) in [5, 5.41) is 13.2. The van der Waals surface area contributed by atoms with E-state index in [4.69, 9.17) is 14.5 Å². The molecule has 2 aromatic rings. The lowest BCUT2D eigenvalue weighted by molar-refractivity contribution is -0.0560. The van der Waals surface area contributed by atoms with Gasteiger partial charge in [-0.1, -0.05) is 0 Å². The van der Waals surface area contributed by atoms with Gasteiger partial charge >= 0.3 is 15.6 Å². The molecule has 17 heteroatoms. The van der Waals surface area contributed by atoms with E-state index in [0.29, 0.717) is 17.2 Å². The molecule has 1 aliphatic heterocycles. The Kier molecular flexibility index (Phi) is 6.06. The van der Waals surface area contributed by atoms with E-state index in [2.05, 4.69) is 29.1 Å². The standard InChI is InChI=1S/C13H20FN5O9P2/c1-6-17-10(15-3)8-11(18-6)19(5-16-8)12-13(2,14)9(20)7(27-12)4-26-30(24,25)28-29(21,22)23/h5,7,9,12,20H,4H2,1-3H3,(H,24,25)(H,15,17,18)(H2,21,22,23)/t7-,9-,12-,13-/m1/s1. The van der Waals surface area contributed by atoms with Crippen LogP contribution in [0.1, 0.15) is 19.0 Å². The number of halogens is 1. The number of fused-ring (bicyclic) bond motifs is 1. The van der Waals surface area contributed by atoms with Gasteiger partial charge in [-0.15, -0.1) is 0 Å². The van der Waals surface area contributed by atoms with Crippen LogP contribution in [-0.4, -0.2) is 70.8 Å². The molecule has 1 unspecified atom stereocenters. The molecule has 3 rings (SSSR count). The first-order chi connectivity index (χ1) is 13.7. The highest BCUT2D eigenvalue weighted by atomic mass is 31.3. The molecule has 1 saturated heterocycles. The van der Waals surface area contributed by atoms with Crippen molar-refractivity contribution in [2.24, 2.45) is 0 Å². The summed E-state index contributed by atoms with van der Waals surface area (Å²) in [4.78, 5) is 39.1. The molecule has 3 heterocycles. The van der Waals surface area contributed by atoms with Crippen molar-refractivity contribution in [2.75, 3.05) is 19.0 Å². The average molecular weight is 471 g/mol. The van der Waals surface area contributed by atoms with Crippen LogP contribution in [0.3, 0.4) is 0 Å². The first-order valence-electron chi connectivity index (χ1n) is 8.41. The number of rotatable bonds is 7. The van der Waals surface area contributed by atoms with Crippen LogP contribution in [0.2, 0.25) is 0 Å². The van der Waals surface area contributed by atoms with Gasteiger partial charge < -0.3 is 29.8 Å². The van der Waals surface area contributed by atoms with Crippen LogP contribution in [0.25, 0.3) is 11.2 Å². The number of nitrogens with one attached hydrogen (secondary N) is 1. The van der Waals surface area contributed by atoms with Crippen LogP contribution in [0.4, 0.5) is 10.2 Å². The molecule has 1 aliphatic rings. The highest BCUT2D eigenvalue weighted by Crippen LogP contribution is 2.58. The molecule has 0 aliphatic carbocycles. The van der Waals surface area contributed by atoms with Crippen molar-refractivity contribution >= 4 is 32.6 Å². The Morgan fingerprint density at radius 3 is 2.63 bits per heavy atom. The number of alkyl halides is 1. The minimum atomic E-state index is -5.33. The van der Waals surface area contributed by atoms with E-state index in [9.17, 15) is 19.1 Å². The van der Waals surface area contributed by atoms with Crippen molar-refractivity contribution in [3.63, 3.8) is 0 Å². The van der Waals surface area contributed by atoms with E-state index in [1.807, 2.05) is 0 Å². The third-order valence-corrected chi connectivity index (χ3v) is 6.50. The van der Waals surface area contributed by atoms with Gasteiger partial charge in [-0.05, 0) is 13.8 Å². The molecule has 0 bridgehead atoms. The number of aromatic nitrogens is 4. The van der Waals surface area contributed by atoms with E-state index in [-0.39, 0.29) is 5.65 Å². The van der Waals surface area contributed by atoms with Gasteiger partial charge in [-0.25, -0.2) is 28.5 Å². The first kappa shape index (κ1) is 23.1. The summed E-state index contributed by atoms with van der Waals surface area (Å²) < 4.78 is 52.5. The van der Waals surface area contributed by atoms with Gasteiger partial charge in [-0.2, -0.15) is 4.31 Å². The lowest BCUT2D eigenvalue weighted by Crippen LogP contribution is -2.40. The van der Waals surface area contributed by atoms with Crippen molar-refractivity contribution < 1.29 is 46.9 Å². The van der Waals surface area contributed by atoms with E-state index >= 15 is 4.39 Å². The first-order valence-corrected chi connectivity index (χ1v) is 11.4. The number of phosphoric acid groups is 2. The second-order valence-electron chi connectivity index (χ2n) is 6.65. The molecular weight excluding hydrogens is 451 g/mol. The Hall–Kier alpha value is -1.54. The zero-order valence-electron chi connectivity index (χ0n) is 15.9. The molecule has 0 amide bonds. The maximum atomic E-state index is 15.4. The number of anilines is 1. The lowest BCUT2D eigenvalue weighted by atomic mass is 9.98. The van der Waals surface area contributed by atoms with Crippen LogP contribution in [0.15, 0.2) is 6.33 Å². The predicted molar refractivity (Wildman–Crippen MR) is 97.9 cm³/mol. The van der Waals surface area contributed by atoms with E-state index < -0.39 is 46.4 Å². The van der Waals surface area contributed by atoms with Crippen LogP contribution in [0, 0.1) is 6.92 Å². The molecule has 0 spiro atoms. The fraction of sp³-hybridized carbons (Fsp3) is 0.615. The maximum absolute atomic E-state index is 15.4. The number of aliphatic hydroxyl groups is 1. The number of phosphoric ester groups is 1. The second-order valence-corrected chi connectivity index (χ2v) is 9.48. The van der Waals surface area contributed by atoms with Crippen LogP contribution < -0.4 is 5.32 Å². The smallest absolute Gasteiger partial charge is 0.387 e. The SMILES string of the molecule is CNc1nc(C)nc2c1ncn2[C@@H]1O[C@H](COP(=O)(O)OP(=O)(O)O)[C@@H](O)[C@@]1(C)F. The average Bonchev–Trinajstić information content (AvgIpc) is 3.10. The van der Waals surface area contributed by atoms with E-state index in [1.165, 1.54) is 10.9 Å². The number of aliphatic hydroxyl groups excluding tert-OH is 1. The Morgan fingerprint density at radius 1 is 1.37 bits per heavy atom. The van der Waals surface area contributed by atoms with Crippen molar-refractivity contribution in [3.05, 3.63) is 12.2 Å². The largest absolute Gasteiger partial charge is 0.481 e. The number of ether oxygens (including phenoxy) is 1. The van der Waals surface area contributed by atoms with Gasteiger partial charge in [0.05, 0.1) is 12.9 Å². The van der Waals surface area contributed by atoms with Crippen LogP contribution in [-0.2, 0) is 22.7 Å². The summed E-state index contributed by atoms with van der Waals surface area (Å²) in [6.07, 6.45) is -3.52. The summed E-state index contributed by atoms with van der Waals surface area (Å²) in [6, 6.07) is 0. The van der Waals surface area contributed by atoms with Gasteiger partial charge in [0.25, 0.3) is 0 Å². The summed E-state index contributed by atoms with van der Waals surface area (Å²) in [5.41, 5.74) is -1.87. The molecule has 168 valence electrons. The van der Waals surface area contributed by atoms with Gasteiger partial charge in [0.1, 0.15) is 18.0 Å². The lowest BCUT2D eigenvalue weighted by Gasteiger charge is -2.24. The molecule has 0 radical (unpaired) electrons. The second kappa shape index (κ2) is 7.86. The monoisotopic (exact) mass is 471 g/mol. The molecule has 5 N–H and O–H groups in total. The van der Waals surface area contributed by atoms with Gasteiger partial charge in [0, 0.05) is 7.05 Å². The van der Waals surface area contributed by atoms with Crippen molar-refractivity contribution in [1.82, 2.24) is 19.5 Å². The maximum Gasteiger partial charge on any atom is 0.481 e. The number of nitrogens with zero attached hydrogens (tertiary/aromatic N) is 4. The minimum absolute atomic E-state index is 0.215. The molecule has 2 aromatic heterocycles. The summed E-state index contributed by atoms with van der Waals surface area (Å²) in [7, 11) is -8.90. The van der Waals surface area contributed by atoms with Crippen molar-refractivity contribution in [3.8, 4) is 0 Å².